The third kappa shape index (κ3) is 6.01. The number of allylic oxidation sites excluding steroid dienone is 1. The predicted molar refractivity (Wildman–Crippen MR) is 137 cm³/mol. The van der Waals surface area contributed by atoms with Crippen LogP contribution in [0.25, 0.3) is 0 Å². The summed E-state index contributed by atoms with van der Waals surface area (Å²) in [6.07, 6.45) is 0. The van der Waals surface area contributed by atoms with Crippen LogP contribution in [0.4, 0.5) is 5.69 Å². The zero-order valence-electron chi connectivity index (χ0n) is 20.5. The van der Waals surface area contributed by atoms with E-state index in [2.05, 4.69) is 30.6 Å². The number of hydrogen-bond donors (Lipinski definition) is 2. The van der Waals surface area contributed by atoms with Crippen LogP contribution in [0.5, 0.6) is 0 Å². The maximum absolute atomic E-state index is 13.0. The van der Waals surface area contributed by atoms with Gasteiger partial charge < -0.3 is 15.4 Å². The van der Waals surface area contributed by atoms with Gasteiger partial charge in [0.05, 0.1) is 29.5 Å². The number of carbonyl (C=O) groups excluding carboxylic acids is 4. The van der Waals surface area contributed by atoms with E-state index in [1.807, 2.05) is 24.3 Å². The zero-order valence-corrected chi connectivity index (χ0v) is 21.3. The lowest BCUT2D eigenvalue weighted by Crippen LogP contribution is -2.44. The fourth-order valence-corrected chi connectivity index (χ4v) is 4.77. The third-order valence-corrected chi connectivity index (χ3v) is 6.86. The lowest BCUT2D eigenvalue weighted by Gasteiger charge is -2.31. The maximum atomic E-state index is 13.0. The summed E-state index contributed by atoms with van der Waals surface area (Å²) in [6, 6.07) is 16.1. The molecule has 2 aromatic rings. The van der Waals surface area contributed by atoms with Gasteiger partial charge in [0.2, 0.25) is 11.8 Å². The molecule has 0 saturated heterocycles. The molecule has 36 heavy (non-hydrogen) atoms. The van der Waals surface area contributed by atoms with E-state index >= 15 is 0 Å². The molecule has 0 aliphatic carbocycles. The van der Waals surface area contributed by atoms with Crippen molar-refractivity contribution < 1.29 is 23.9 Å². The summed E-state index contributed by atoms with van der Waals surface area (Å²) in [5.41, 5.74) is 2.82. The molecule has 0 aromatic heterocycles. The van der Waals surface area contributed by atoms with Crippen LogP contribution in [0.3, 0.4) is 0 Å². The molecule has 0 radical (unpaired) electrons. The second-order valence-corrected chi connectivity index (χ2v) is 9.60. The van der Waals surface area contributed by atoms with E-state index in [1.165, 1.54) is 14.0 Å². The number of nitrogens with one attached hydrogen (secondary N) is 2. The number of nitrogens with zero attached hydrogens (tertiary/aromatic N) is 1. The Morgan fingerprint density at radius 1 is 1.17 bits per heavy atom. The first-order valence-electron chi connectivity index (χ1n) is 11.3. The van der Waals surface area contributed by atoms with E-state index < -0.39 is 23.7 Å². The molecule has 0 spiro atoms. The molecule has 3 rings (SSSR count). The second-order valence-electron chi connectivity index (χ2n) is 8.62. The quantitative estimate of drug-likeness (QED) is 0.314. The van der Waals surface area contributed by atoms with Crippen molar-refractivity contribution in [3.63, 3.8) is 0 Å². The van der Waals surface area contributed by atoms with Crippen LogP contribution in [0.1, 0.15) is 54.1 Å². The molecule has 8 nitrogen and oxygen atoms in total. The van der Waals surface area contributed by atoms with E-state index in [0.717, 1.165) is 17.3 Å². The van der Waals surface area contributed by atoms with E-state index in [4.69, 9.17) is 4.74 Å². The number of amides is 2. The Labute approximate surface area is 214 Å². The van der Waals surface area contributed by atoms with Gasteiger partial charge in [0.25, 0.3) is 0 Å². The number of rotatable bonds is 8. The highest BCUT2D eigenvalue weighted by Gasteiger charge is 2.44. The number of hydrogen-bond acceptors (Lipinski definition) is 7. The van der Waals surface area contributed by atoms with E-state index in [0.29, 0.717) is 16.8 Å². The zero-order chi connectivity index (χ0) is 26.4. The van der Waals surface area contributed by atoms with Crippen LogP contribution >= 0.6 is 11.8 Å². The Kier molecular flexibility index (Phi) is 8.67. The number of ketones is 1. The largest absolute Gasteiger partial charge is 0.468 e. The first-order valence-corrected chi connectivity index (χ1v) is 12.3. The Bertz CT molecular complexity index is 1260. The number of carbonyl (C=O) groups is 4. The topological polar surface area (TPSA) is 125 Å². The molecule has 0 unspecified atom stereocenters. The molecule has 0 fully saturated rings. The van der Waals surface area contributed by atoms with Gasteiger partial charge in [-0.05, 0) is 36.1 Å². The van der Waals surface area contributed by atoms with Crippen molar-refractivity contribution in [3.05, 3.63) is 75.8 Å². The second kappa shape index (κ2) is 11.7. The monoisotopic (exact) mass is 505 g/mol. The fourth-order valence-electron chi connectivity index (χ4n) is 3.92. The molecular formula is C27H27N3O5S. The molecule has 2 aromatic carbocycles. The van der Waals surface area contributed by atoms with Crippen molar-refractivity contribution in [1.29, 1.82) is 5.26 Å². The first-order chi connectivity index (χ1) is 17.2. The summed E-state index contributed by atoms with van der Waals surface area (Å²) < 4.78 is 4.87. The lowest BCUT2D eigenvalue weighted by atomic mass is 9.78. The predicted octanol–water partition coefficient (Wildman–Crippen LogP) is 4.12. The summed E-state index contributed by atoms with van der Waals surface area (Å²) in [6.45, 7) is 5.54. The van der Waals surface area contributed by atoms with Gasteiger partial charge in [-0.25, -0.2) is 0 Å². The molecule has 2 N–H and O–H groups in total. The van der Waals surface area contributed by atoms with Gasteiger partial charge in [-0.3, -0.25) is 19.2 Å². The SMILES string of the molecule is COC(=O)[C@H]1C(=O)NC(SCC(=O)Nc2cccc(C(C)=O)c2)=C(C#N)[C@@H]1c1ccc(C(C)C)cc1. The summed E-state index contributed by atoms with van der Waals surface area (Å²) in [5.74, 6) is -3.75. The number of thioether (sulfide) groups is 1. The highest BCUT2D eigenvalue weighted by Crippen LogP contribution is 2.40. The van der Waals surface area contributed by atoms with E-state index in [1.54, 1.807) is 24.3 Å². The Morgan fingerprint density at radius 3 is 2.44 bits per heavy atom. The number of benzene rings is 2. The lowest BCUT2D eigenvalue weighted by molar-refractivity contribution is -0.150. The van der Waals surface area contributed by atoms with E-state index in [-0.39, 0.29) is 34.0 Å². The van der Waals surface area contributed by atoms with Gasteiger partial charge in [0.1, 0.15) is 5.92 Å². The number of anilines is 1. The smallest absolute Gasteiger partial charge is 0.319 e. The number of methoxy groups -OCH3 is 1. The van der Waals surface area contributed by atoms with Crippen LogP contribution in [0, 0.1) is 17.2 Å². The van der Waals surface area contributed by atoms with E-state index in [9.17, 15) is 24.4 Å². The van der Waals surface area contributed by atoms with Gasteiger partial charge in [-0.1, -0.05) is 62.0 Å². The van der Waals surface area contributed by atoms with Gasteiger partial charge >= 0.3 is 5.97 Å². The normalized spacial score (nSPS) is 17.3. The van der Waals surface area contributed by atoms with Crippen LogP contribution in [0.2, 0.25) is 0 Å². The summed E-state index contributed by atoms with van der Waals surface area (Å²) in [4.78, 5) is 49.7. The Hall–Kier alpha value is -3.90. The summed E-state index contributed by atoms with van der Waals surface area (Å²) in [5, 5.41) is 15.6. The molecule has 0 bridgehead atoms. The number of ether oxygens (including phenoxy) is 1. The molecule has 186 valence electrons. The van der Waals surface area contributed by atoms with Crippen LogP contribution in [-0.4, -0.2) is 36.4 Å². The van der Waals surface area contributed by atoms with Crippen LogP contribution in [0.15, 0.2) is 59.1 Å². The first kappa shape index (κ1) is 26.7. The van der Waals surface area contributed by atoms with Crippen molar-refractivity contribution in [1.82, 2.24) is 5.32 Å². The molecule has 9 heteroatoms. The fraction of sp³-hybridized carbons (Fsp3) is 0.296. The molecule has 2 atom stereocenters. The number of Topliss-reactive ketones (excluding diaryl/α,β-unsaturated/α-hetero) is 1. The minimum atomic E-state index is -1.23. The maximum Gasteiger partial charge on any atom is 0.319 e. The van der Waals surface area contributed by atoms with Crippen molar-refractivity contribution in [3.8, 4) is 6.07 Å². The number of esters is 1. The van der Waals surface area contributed by atoms with Gasteiger partial charge in [0.15, 0.2) is 5.78 Å². The molecule has 1 heterocycles. The standard InChI is InChI=1S/C27H27N3O5S/c1-15(2)17-8-10-18(11-9-17)23-21(13-28)26(30-25(33)24(23)27(34)35-4)36-14-22(32)29-20-7-5-6-19(12-20)16(3)31/h5-12,15,23-24H,14H2,1-4H3,(H,29,32)(H,30,33)/t23-,24+/m0/s1. The summed E-state index contributed by atoms with van der Waals surface area (Å²) in [7, 11) is 1.19. The molecule has 1 aliphatic heterocycles. The third-order valence-electron chi connectivity index (χ3n) is 5.85. The molecule has 1 aliphatic rings. The van der Waals surface area contributed by atoms with Crippen LogP contribution < -0.4 is 10.6 Å². The Balaban J connectivity index is 1.88. The van der Waals surface area contributed by atoms with Crippen molar-refractivity contribution in [2.24, 2.45) is 5.92 Å². The minimum absolute atomic E-state index is 0.104. The van der Waals surface area contributed by atoms with Gasteiger partial charge in [-0.15, -0.1) is 0 Å². The van der Waals surface area contributed by atoms with Gasteiger partial charge in [-0.2, -0.15) is 5.26 Å². The van der Waals surface area contributed by atoms with Crippen molar-refractivity contribution in [2.75, 3.05) is 18.2 Å². The van der Waals surface area contributed by atoms with Crippen LogP contribution in [-0.2, 0) is 19.1 Å². The number of nitriles is 1. The van der Waals surface area contributed by atoms with Crippen molar-refractivity contribution >= 4 is 41.0 Å². The highest BCUT2D eigenvalue weighted by molar-refractivity contribution is 8.03. The van der Waals surface area contributed by atoms with Gasteiger partial charge in [0, 0.05) is 17.2 Å². The molecule has 2 amide bonds. The average molecular weight is 506 g/mol. The average Bonchev–Trinajstić information content (AvgIpc) is 2.86. The highest BCUT2D eigenvalue weighted by atomic mass is 32.2. The summed E-state index contributed by atoms with van der Waals surface area (Å²) >= 11 is 0.994. The molecule has 0 saturated carbocycles. The Morgan fingerprint density at radius 2 is 1.86 bits per heavy atom. The van der Waals surface area contributed by atoms with Crippen molar-refractivity contribution in [2.45, 2.75) is 32.6 Å². The minimum Gasteiger partial charge on any atom is -0.468 e. The molecular weight excluding hydrogens is 478 g/mol.